The first-order chi connectivity index (χ1) is 14.6. The molecule has 1 N–H and O–H groups in total. The zero-order valence-electron chi connectivity index (χ0n) is 17.5. The molecule has 0 unspecified atom stereocenters. The zero-order chi connectivity index (χ0) is 21.0. The average molecular weight is 412 g/mol. The number of hydrogen-bond donors (Lipinski definition) is 1. The summed E-state index contributed by atoms with van der Waals surface area (Å²) >= 11 is 0. The van der Waals surface area contributed by atoms with Gasteiger partial charge in [0.25, 0.3) is 5.91 Å². The van der Waals surface area contributed by atoms with Crippen molar-refractivity contribution < 1.29 is 19.1 Å². The van der Waals surface area contributed by atoms with Crippen LogP contribution in [0, 0.1) is 5.41 Å². The van der Waals surface area contributed by atoms with Crippen molar-refractivity contribution in [3.8, 4) is 0 Å². The fourth-order valence-electron chi connectivity index (χ4n) is 4.43. The number of hydrogen-bond acceptors (Lipinski definition) is 5. The molecule has 0 radical (unpaired) electrons. The molecule has 1 fully saturated rings. The lowest BCUT2D eigenvalue weighted by Crippen LogP contribution is -2.40. The highest BCUT2D eigenvalue weighted by atomic mass is 16.5. The first-order valence-corrected chi connectivity index (χ1v) is 10.8. The SMILES string of the molecule is CCn1nc(CCCOC(=O)c2ccccc2)c2c1C(=O)NCC1(CCOCC1)C2. The summed E-state index contributed by atoms with van der Waals surface area (Å²) < 4.78 is 12.8. The molecule has 4 rings (SSSR count). The zero-order valence-corrected chi connectivity index (χ0v) is 17.5. The van der Waals surface area contributed by atoms with E-state index in [1.165, 1.54) is 0 Å². The van der Waals surface area contributed by atoms with Crippen LogP contribution < -0.4 is 5.32 Å². The molecule has 7 nitrogen and oxygen atoms in total. The fraction of sp³-hybridized carbons (Fsp3) is 0.522. The largest absolute Gasteiger partial charge is 0.462 e. The van der Waals surface area contributed by atoms with Crippen LogP contribution in [-0.4, -0.2) is 48.0 Å². The molecule has 1 spiro atoms. The summed E-state index contributed by atoms with van der Waals surface area (Å²) in [5.74, 6) is -0.349. The van der Waals surface area contributed by atoms with Gasteiger partial charge in [0.1, 0.15) is 5.69 Å². The maximum Gasteiger partial charge on any atom is 0.338 e. The van der Waals surface area contributed by atoms with Gasteiger partial charge < -0.3 is 14.8 Å². The van der Waals surface area contributed by atoms with Crippen LogP contribution >= 0.6 is 0 Å². The van der Waals surface area contributed by atoms with Crippen molar-refractivity contribution >= 4 is 11.9 Å². The van der Waals surface area contributed by atoms with Crippen molar-refractivity contribution in [3.63, 3.8) is 0 Å². The van der Waals surface area contributed by atoms with Crippen LogP contribution in [0.25, 0.3) is 0 Å². The van der Waals surface area contributed by atoms with E-state index < -0.39 is 0 Å². The van der Waals surface area contributed by atoms with Crippen molar-refractivity contribution in [2.75, 3.05) is 26.4 Å². The summed E-state index contributed by atoms with van der Waals surface area (Å²) in [6.45, 7) is 5.13. The third kappa shape index (κ3) is 4.26. The highest BCUT2D eigenvalue weighted by Gasteiger charge is 2.39. The predicted molar refractivity (Wildman–Crippen MR) is 111 cm³/mol. The number of amides is 1. The van der Waals surface area contributed by atoms with Gasteiger partial charge in [0, 0.05) is 31.9 Å². The number of nitrogens with zero attached hydrogens (tertiary/aromatic N) is 2. The number of nitrogens with one attached hydrogen (secondary N) is 1. The molecule has 1 saturated heterocycles. The summed E-state index contributed by atoms with van der Waals surface area (Å²) in [5.41, 5.74) is 3.29. The second-order valence-electron chi connectivity index (χ2n) is 8.17. The molecule has 0 saturated carbocycles. The summed E-state index contributed by atoms with van der Waals surface area (Å²) in [6.07, 6.45) is 4.07. The summed E-state index contributed by atoms with van der Waals surface area (Å²) in [4.78, 5) is 25.0. The minimum Gasteiger partial charge on any atom is -0.462 e. The molecule has 1 aromatic heterocycles. The van der Waals surface area contributed by atoms with Gasteiger partial charge in [-0.05, 0) is 56.6 Å². The van der Waals surface area contributed by atoms with Gasteiger partial charge in [-0.25, -0.2) is 4.79 Å². The maximum atomic E-state index is 12.8. The standard InChI is InChI=1S/C23H29N3O4/c1-2-26-20-18(15-23(16-24-21(20)27)10-13-29-14-11-23)19(25-26)9-6-12-30-22(28)17-7-4-3-5-8-17/h3-5,7-8H,2,6,9-16H2,1H3,(H,24,27). The van der Waals surface area contributed by atoms with Crippen LogP contribution in [0.1, 0.15) is 58.3 Å². The predicted octanol–water partition coefficient (Wildman–Crippen LogP) is 2.78. The highest BCUT2D eigenvalue weighted by Crippen LogP contribution is 2.37. The molecule has 0 atom stereocenters. The van der Waals surface area contributed by atoms with Crippen LogP contribution in [0.3, 0.4) is 0 Å². The molecule has 2 aromatic rings. The number of benzene rings is 1. The van der Waals surface area contributed by atoms with Crippen LogP contribution in [0.4, 0.5) is 0 Å². The van der Waals surface area contributed by atoms with Crippen molar-refractivity contribution in [1.29, 1.82) is 0 Å². The second kappa shape index (κ2) is 9.00. The topological polar surface area (TPSA) is 82.5 Å². The van der Waals surface area contributed by atoms with E-state index >= 15 is 0 Å². The number of aromatic nitrogens is 2. The quantitative estimate of drug-likeness (QED) is 0.584. The number of carbonyl (C=O) groups is 2. The van der Waals surface area contributed by atoms with E-state index in [-0.39, 0.29) is 17.3 Å². The number of esters is 1. The highest BCUT2D eigenvalue weighted by molar-refractivity contribution is 5.94. The van der Waals surface area contributed by atoms with Crippen molar-refractivity contribution in [2.45, 2.75) is 45.6 Å². The molecule has 0 aliphatic carbocycles. The molecule has 1 amide bonds. The summed E-state index contributed by atoms with van der Waals surface area (Å²) in [6, 6.07) is 9.00. The van der Waals surface area contributed by atoms with Crippen molar-refractivity contribution in [1.82, 2.24) is 15.1 Å². The Morgan fingerprint density at radius 1 is 1.27 bits per heavy atom. The number of fused-ring (bicyclic) bond motifs is 1. The first-order valence-electron chi connectivity index (χ1n) is 10.8. The van der Waals surface area contributed by atoms with Crippen LogP contribution in [0.2, 0.25) is 0 Å². The maximum absolute atomic E-state index is 12.8. The van der Waals surface area contributed by atoms with Gasteiger partial charge >= 0.3 is 5.97 Å². The van der Waals surface area contributed by atoms with E-state index in [1.54, 1.807) is 12.1 Å². The molecule has 0 bridgehead atoms. The third-order valence-electron chi connectivity index (χ3n) is 6.18. The van der Waals surface area contributed by atoms with E-state index in [0.29, 0.717) is 43.8 Å². The molecule has 2 aliphatic heterocycles. The van der Waals surface area contributed by atoms with Crippen LogP contribution in [0.5, 0.6) is 0 Å². The minimum absolute atomic E-state index is 0.0370. The van der Waals surface area contributed by atoms with E-state index in [4.69, 9.17) is 14.6 Å². The molecular formula is C23H29N3O4. The van der Waals surface area contributed by atoms with Gasteiger partial charge in [-0.2, -0.15) is 5.10 Å². The fourth-order valence-corrected chi connectivity index (χ4v) is 4.43. The average Bonchev–Trinajstić information content (AvgIpc) is 3.06. The van der Waals surface area contributed by atoms with E-state index in [0.717, 1.165) is 43.7 Å². The van der Waals surface area contributed by atoms with E-state index in [9.17, 15) is 9.59 Å². The Morgan fingerprint density at radius 2 is 2.03 bits per heavy atom. The van der Waals surface area contributed by atoms with Gasteiger partial charge in [-0.3, -0.25) is 9.48 Å². The summed E-state index contributed by atoms with van der Waals surface area (Å²) in [5, 5.41) is 7.86. The minimum atomic E-state index is -0.311. The monoisotopic (exact) mass is 411 g/mol. The van der Waals surface area contributed by atoms with E-state index in [2.05, 4.69) is 5.32 Å². The van der Waals surface area contributed by atoms with Crippen LogP contribution in [-0.2, 0) is 28.9 Å². The van der Waals surface area contributed by atoms with Crippen LogP contribution in [0.15, 0.2) is 30.3 Å². The van der Waals surface area contributed by atoms with Crippen molar-refractivity contribution in [2.24, 2.45) is 5.41 Å². The molecule has 2 aliphatic rings. The lowest BCUT2D eigenvalue weighted by Gasteiger charge is -2.36. The third-order valence-corrected chi connectivity index (χ3v) is 6.18. The van der Waals surface area contributed by atoms with Gasteiger partial charge in [0.15, 0.2) is 0 Å². The second-order valence-corrected chi connectivity index (χ2v) is 8.17. The number of ether oxygens (including phenoxy) is 2. The Labute approximate surface area is 176 Å². The number of rotatable bonds is 6. The first kappa shape index (κ1) is 20.6. The molecule has 1 aromatic carbocycles. The van der Waals surface area contributed by atoms with Gasteiger partial charge in [0.2, 0.25) is 0 Å². The van der Waals surface area contributed by atoms with Crippen molar-refractivity contribution in [3.05, 3.63) is 52.8 Å². The Hall–Kier alpha value is -2.67. The lowest BCUT2D eigenvalue weighted by atomic mass is 9.75. The van der Waals surface area contributed by atoms with Gasteiger partial charge in [0.05, 0.1) is 17.9 Å². The lowest BCUT2D eigenvalue weighted by molar-refractivity contribution is 0.0160. The molecule has 30 heavy (non-hydrogen) atoms. The summed E-state index contributed by atoms with van der Waals surface area (Å²) in [7, 11) is 0. The number of aryl methyl sites for hydroxylation is 2. The van der Waals surface area contributed by atoms with Gasteiger partial charge in [-0.15, -0.1) is 0 Å². The molecule has 160 valence electrons. The normalized spacial score (nSPS) is 17.8. The molecule has 3 heterocycles. The van der Waals surface area contributed by atoms with E-state index in [1.807, 2.05) is 29.8 Å². The Kier molecular flexibility index (Phi) is 6.18. The number of carbonyl (C=O) groups excluding carboxylic acids is 2. The van der Waals surface area contributed by atoms with Gasteiger partial charge in [-0.1, -0.05) is 18.2 Å². The smallest absolute Gasteiger partial charge is 0.338 e. The Morgan fingerprint density at radius 3 is 2.77 bits per heavy atom. The molecule has 7 heteroatoms. The molecular weight excluding hydrogens is 382 g/mol. The Balaban J connectivity index is 1.46. The Bertz CT molecular complexity index is 901.